The first-order valence-corrected chi connectivity index (χ1v) is 8.72. The van der Waals surface area contributed by atoms with Gasteiger partial charge in [0.15, 0.2) is 0 Å². The summed E-state index contributed by atoms with van der Waals surface area (Å²) in [5, 5.41) is 0. The topological polar surface area (TPSA) is 27.7 Å². The van der Waals surface area contributed by atoms with Crippen LogP contribution in [0.4, 0.5) is 4.39 Å². The maximum Gasteiger partial charge on any atom is 1.00 e. The van der Waals surface area contributed by atoms with E-state index in [4.69, 9.17) is 14.2 Å². The van der Waals surface area contributed by atoms with E-state index in [1.54, 1.807) is 31.0 Å². The van der Waals surface area contributed by atoms with Crippen LogP contribution < -0.4 is 78.4 Å². The summed E-state index contributed by atoms with van der Waals surface area (Å²) in [6, 6.07) is 12.1. The van der Waals surface area contributed by atoms with Crippen molar-refractivity contribution in [3.05, 3.63) is 60.5 Å². The van der Waals surface area contributed by atoms with Crippen LogP contribution in [-0.4, -0.2) is 12.5 Å². The van der Waals surface area contributed by atoms with Crippen molar-refractivity contribution < 1.29 is 87.5 Å². The molecule has 0 N–H and O–H groups in total. The Kier molecular flexibility index (Phi) is 9.18. The molecule has 1 fully saturated rings. The third-order valence-electron chi connectivity index (χ3n) is 3.70. The van der Waals surface area contributed by atoms with Gasteiger partial charge >= 0.3 is 68.9 Å². The second kappa shape index (κ2) is 10.6. The summed E-state index contributed by atoms with van der Waals surface area (Å²) < 4.78 is 29.8. The van der Waals surface area contributed by atoms with Gasteiger partial charge in [-0.25, -0.2) is 11.0 Å². The Hall–Kier alpha value is 0.332. The van der Waals surface area contributed by atoms with Crippen LogP contribution in [0.2, 0.25) is 0 Å². The molecule has 0 amide bonds. The summed E-state index contributed by atoms with van der Waals surface area (Å²) in [6.07, 6.45) is 0.994. The second-order valence-electron chi connectivity index (χ2n) is 5.79. The van der Waals surface area contributed by atoms with Crippen molar-refractivity contribution in [3.8, 4) is 11.5 Å². The van der Waals surface area contributed by atoms with Gasteiger partial charge in [-0.05, 0) is 36.2 Å². The van der Waals surface area contributed by atoms with E-state index in [2.05, 4.69) is 6.92 Å². The molecule has 2 atom stereocenters. The molecule has 3 rings (SSSR count). The third-order valence-corrected chi connectivity index (χ3v) is 4.78. The first-order chi connectivity index (χ1) is 11.6. The number of rotatable bonds is 6. The van der Waals surface area contributed by atoms with Crippen LogP contribution in [0.1, 0.15) is 18.9 Å². The van der Waals surface area contributed by atoms with Gasteiger partial charge in [0.1, 0.15) is 23.9 Å². The van der Waals surface area contributed by atoms with Crippen molar-refractivity contribution in [1.29, 1.82) is 0 Å². The molecule has 1 unspecified atom stereocenters. The van der Waals surface area contributed by atoms with Crippen molar-refractivity contribution in [2.24, 2.45) is 5.92 Å². The summed E-state index contributed by atoms with van der Waals surface area (Å²) >= 11 is 1.66. The molecule has 0 aliphatic carbocycles. The molecule has 1 aliphatic heterocycles. The minimum absolute atomic E-state index is 0. The smallest absolute Gasteiger partial charge is 0.542 e. The number of thioether (sulfide) groups is 1. The summed E-state index contributed by atoms with van der Waals surface area (Å²) in [5.74, 6) is 1.68. The van der Waals surface area contributed by atoms with Crippen LogP contribution in [0, 0.1) is 18.3 Å². The van der Waals surface area contributed by atoms with Crippen molar-refractivity contribution in [2.45, 2.75) is 30.3 Å². The summed E-state index contributed by atoms with van der Waals surface area (Å²) in [7, 11) is 1.63. The number of hydrogen-bond acceptors (Lipinski definition) is 4. The number of methoxy groups -OCH3 is 1. The zero-order chi connectivity index (χ0) is 16.9. The molecule has 0 spiro atoms. The van der Waals surface area contributed by atoms with E-state index in [0.717, 1.165) is 28.4 Å². The van der Waals surface area contributed by atoms with Gasteiger partial charge in [0.05, 0.1) is 12.5 Å². The van der Waals surface area contributed by atoms with Gasteiger partial charge in [0, 0.05) is 11.0 Å². The molecule has 1 saturated heterocycles. The van der Waals surface area contributed by atoms with Crippen LogP contribution in [-0.2, 0) is 11.3 Å². The first-order valence-electron chi connectivity index (χ1n) is 7.84. The van der Waals surface area contributed by atoms with Crippen molar-refractivity contribution in [2.75, 3.05) is 7.11 Å². The van der Waals surface area contributed by atoms with Gasteiger partial charge in [0.25, 0.3) is 0 Å². The Morgan fingerprint density at radius 3 is 2.56 bits per heavy atom. The Morgan fingerprint density at radius 1 is 1.20 bits per heavy atom. The van der Waals surface area contributed by atoms with Crippen LogP contribution in [0.3, 0.4) is 0 Å². The monoisotopic (exact) mass is 480 g/mol. The van der Waals surface area contributed by atoms with Crippen LogP contribution in [0.15, 0.2) is 47.4 Å². The predicted octanol–water partition coefficient (Wildman–Crippen LogP) is 2.05. The maximum absolute atomic E-state index is 12.9. The largest absolute Gasteiger partial charge is 1.00 e. The average Bonchev–Trinajstić information content (AvgIpc) is 2.99. The third kappa shape index (κ3) is 6.77. The van der Waals surface area contributed by atoms with E-state index >= 15 is 0 Å². The van der Waals surface area contributed by atoms with Gasteiger partial charge in [-0.2, -0.15) is 0 Å². The minimum atomic E-state index is -0.249. The molecule has 6 heteroatoms. The number of hydrogen-bond donors (Lipinski definition) is 0. The quantitative estimate of drug-likeness (QED) is 0.592. The molecule has 3 nitrogen and oxygen atoms in total. The first kappa shape index (κ1) is 21.6. The molecule has 0 bridgehead atoms. The Morgan fingerprint density at radius 2 is 1.92 bits per heavy atom. The maximum atomic E-state index is 12.9. The van der Waals surface area contributed by atoms with Gasteiger partial charge < -0.3 is 14.2 Å². The summed E-state index contributed by atoms with van der Waals surface area (Å²) in [4.78, 5) is 1.04. The van der Waals surface area contributed by atoms with Crippen LogP contribution in [0.25, 0.3) is 0 Å². The summed E-state index contributed by atoms with van der Waals surface area (Å²) in [6.45, 7) is 4.41. The van der Waals surface area contributed by atoms with Crippen LogP contribution in [0.5, 0.6) is 11.5 Å². The zero-order valence-corrected chi connectivity index (χ0v) is 21.8. The van der Waals surface area contributed by atoms with E-state index in [1.807, 2.05) is 24.8 Å². The van der Waals surface area contributed by atoms with Crippen molar-refractivity contribution in [1.82, 2.24) is 0 Å². The molecule has 0 saturated carbocycles. The van der Waals surface area contributed by atoms with E-state index in [0.29, 0.717) is 12.5 Å². The summed E-state index contributed by atoms with van der Waals surface area (Å²) in [5.41, 5.74) is 1.04. The van der Waals surface area contributed by atoms with Gasteiger partial charge in [-0.15, -0.1) is 5.92 Å². The average molecular weight is 480 g/mol. The molecule has 2 aromatic carbocycles. The molecule has 0 aromatic heterocycles. The molecule has 1 heterocycles. The second-order valence-corrected chi connectivity index (χ2v) is 7.02. The fourth-order valence-corrected chi connectivity index (χ4v) is 3.62. The minimum Gasteiger partial charge on any atom is -0.542 e. The van der Waals surface area contributed by atoms with Crippen LogP contribution >= 0.6 is 11.8 Å². The van der Waals surface area contributed by atoms with Crippen molar-refractivity contribution >= 4 is 11.8 Å². The van der Waals surface area contributed by atoms with Crippen molar-refractivity contribution in [3.63, 3.8) is 0 Å². The molecular weight excluding hydrogens is 460 g/mol. The fraction of sp³-hybridized carbons (Fsp3) is 0.316. The van der Waals surface area contributed by atoms with E-state index in [1.165, 1.54) is 12.1 Å². The van der Waals surface area contributed by atoms with Gasteiger partial charge in [-0.1, -0.05) is 30.8 Å². The number of benzene rings is 2. The zero-order valence-electron chi connectivity index (χ0n) is 14.7. The molecule has 0 radical (unpaired) electrons. The molecule has 128 valence electrons. The Bertz CT molecular complexity index is 681. The number of halogens is 1. The normalized spacial score (nSPS) is 19.3. The Balaban J connectivity index is 0.00000225. The van der Waals surface area contributed by atoms with E-state index in [9.17, 15) is 4.39 Å². The van der Waals surface area contributed by atoms with Gasteiger partial charge in [0.2, 0.25) is 0 Å². The van der Waals surface area contributed by atoms with E-state index < -0.39 is 0 Å². The SMILES string of the molecule is COc1cc(OCc2ccc(F)cc2)cc(SC2C[C@@H](C)[CH-]O2)c1.[Cs+]. The predicted molar refractivity (Wildman–Crippen MR) is 92.5 cm³/mol. The molecule has 2 aromatic rings. The number of ether oxygens (including phenoxy) is 3. The van der Waals surface area contributed by atoms with E-state index in [-0.39, 0.29) is 80.1 Å². The van der Waals surface area contributed by atoms with Gasteiger partial charge in [-0.3, -0.25) is 0 Å². The standard InChI is InChI=1S/C19H20FO3S.Cs/c1-13-7-19(23-11-13)24-18-9-16(21-2)8-17(10-18)22-12-14-3-5-15(20)6-4-14;/h3-6,8-11,13,19H,7,12H2,1-2H3;/q-1;+1/t13-,19?;/m1./s1. The fourth-order valence-electron chi connectivity index (χ4n) is 2.43. The Labute approximate surface area is 211 Å². The molecule has 1 aliphatic rings. The molecular formula is C19H20CsFO3S. The molecule has 25 heavy (non-hydrogen) atoms.